The van der Waals surface area contributed by atoms with Gasteiger partial charge in [0.2, 0.25) is 5.91 Å². The molecule has 2 aromatic rings. The Morgan fingerprint density at radius 3 is 2.41 bits per heavy atom. The first-order valence-corrected chi connectivity index (χ1v) is 11.2. The summed E-state index contributed by atoms with van der Waals surface area (Å²) in [6.45, 7) is 0.377. The summed E-state index contributed by atoms with van der Waals surface area (Å²) in [5.41, 5.74) is 1.79. The number of aliphatic hydroxyl groups is 1. The average molecular weight is 465 g/mol. The quantitative estimate of drug-likeness (QED) is 0.646. The van der Waals surface area contributed by atoms with Gasteiger partial charge < -0.3 is 14.7 Å². The number of methoxy groups -OCH3 is 1. The van der Waals surface area contributed by atoms with Gasteiger partial charge in [-0.3, -0.25) is 4.79 Å². The summed E-state index contributed by atoms with van der Waals surface area (Å²) in [5.74, 6) is -2.78. The smallest absolute Gasteiger partial charge is 0.261 e. The maximum Gasteiger partial charge on any atom is 0.261 e. The summed E-state index contributed by atoms with van der Waals surface area (Å²) >= 11 is 0. The Kier molecular flexibility index (Phi) is 5.97. The molecule has 0 radical (unpaired) electrons. The zero-order valence-corrected chi connectivity index (χ0v) is 18.0. The van der Waals surface area contributed by atoms with Crippen LogP contribution >= 0.6 is 0 Å². The molecule has 2 aliphatic rings. The fourth-order valence-corrected chi connectivity index (χ4v) is 5.00. The molecule has 4 rings (SSSR count). The molecule has 1 N–H and O–H groups in total. The second-order valence-corrected chi connectivity index (χ2v) is 9.50. The van der Waals surface area contributed by atoms with E-state index in [0.29, 0.717) is 11.8 Å². The highest BCUT2D eigenvalue weighted by atomic mass is 32.2. The monoisotopic (exact) mass is 465 g/mol. The predicted molar refractivity (Wildman–Crippen MR) is 109 cm³/mol. The first-order chi connectivity index (χ1) is 15.2. The van der Waals surface area contributed by atoms with E-state index in [4.69, 9.17) is 4.74 Å². The van der Waals surface area contributed by atoms with E-state index in [2.05, 4.69) is 4.98 Å². The Balaban J connectivity index is 1.38. The predicted octanol–water partition coefficient (Wildman–Crippen LogP) is 1.29. The summed E-state index contributed by atoms with van der Waals surface area (Å²) in [6.07, 6.45) is 1.34. The van der Waals surface area contributed by atoms with Crippen molar-refractivity contribution in [3.05, 3.63) is 64.9 Å². The molecule has 32 heavy (non-hydrogen) atoms. The number of pyridine rings is 1. The third-order valence-electron chi connectivity index (χ3n) is 5.68. The van der Waals surface area contributed by atoms with E-state index in [9.17, 15) is 27.1 Å². The van der Waals surface area contributed by atoms with Crippen LogP contribution in [0.1, 0.15) is 11.5 Å². The van der Waals surface area contributed by atoms with Crippen LogP contribution in [0.25, 0.3) is 0 Å². The lowest BCUT2D eigenvalue weighted by Gasteiger charge is -2.42. The Labute approximate surface area is 183 Å². The van der Waals surface area contributed by atoms with Crippen molar-refractivity contribution >= 4 is 15.9 Å². The van der Waals surface area contributed by atoms with Gasteiger partial charge in [-0.15, -0.1) is 0 Å². The fourth-order valence-electron chi connectivity index (χ4n) is 3.65. The molecule has 170 valence electrons. The van der Waals surface area contributed by atoms with Gasteiger partial charge in [0.05, 0.1) is 25.8 Å². The maximum absolute atomic E-state index is 14.0. The van der Waals surface area contributed by atoms with E-state index >= 15 is 0 Å². The number of carbonyl (C=O) groups excluding carboxylic acids is 1. The number of aliphatic hydroxyl groups excluding tert-OH is 1. The van der Waals surface area contributed by atoms with Crippen molar-refractivity contribution in [2.24, 2.45) is 0 Å². The molecule has 1 atom stereocenters. The Morgan fingerprint density at radius 2 is 1.84 bits per heavy atom. The Morgan fingerprint density at radius 1 is 1.16 bits per heavy atom. The normalized spacial score (nSPS) is 17.6. The van der Waals surface area contributed by atoms with Gasteiger partial charge >= 0.3 is 0 Å². The lowest BCUT2D eigenvalue weighted by molar-refractivity contribution is -0.135. The summed E-state index contributed by atoms with van der Waals surface area (Å²) in [4.78, 5) is 18.1. The summed E-state index contributed by atoms with van der Waals surface area (Å²) in [5, 5.41) is 9.53. The van der Waals surface area contributed by atoms with Crippen molar-refractivity contribution in [1.82, 2.24) is 14.2 Å². The summed E-state index contributed by atoms with van der Waals surface area (Å²) in [7, 11) is -2.26. The zero-order chi connectivity index (χ0) is 23.0. The van der Waals surface area contributed by atoms with Gasteiger partial charge in [0.15, 0.2) is 5.03 Å². The lowest BCUT2D eigenvalue weighted by atomic mass is 9.92. The number of ether oxygens (including phenoxy) is 1. The number of carbonyl (C=O) groups is 1. The van der Waals surface area contributed by atoms with Gasteiger partial charge in [0, 0.05) is 37.8 Å². The van der Waals surface area contributed by atoms with Gasteiger partial charge in [0.1, 0.15) is 17.4 Å². The third-order valence-corrected chi connectivity index (χ3v) is 7.39. The van der Waals surface area contributed by atoms with Crippen molar-refractivity contribution in [2.45, 2.75) is 10.9 Å². The Hall–Kier alpha value is -2.89. The van der Waals surface area contributed by atoms with Gasteiger partial charge in [0.25, 0.3) is 10.0 Å². The largest absolute Gasteiger partial charge is 0.495 e. The van der Waals surface area contributed by atoms with Crippen LogP contribution < -0.4 is 4.74 Å². The van der Waals surface area contributed by atoms with Crippen molar-refractivity contribution < 1.29 is 31.8 Å². The van der Waals surface area contributed by atoms with Crippen molar-refractivity contribution in [3.8, 4) is 5.75 Å². The molecule has 0 unspecified atom stereocenters. The third kappa shape index (κ3) is 3.98. The van der Waals surface area contributed by atoms with E-state index in [1.54, 1.807) is 0 Å². The number of rotatable bonds is 6. The highest BCUT2D eigenvalue weighted by Crippen LogP contribution is 2.32. The van der Waals surface area contributed by atoms with E-state index < -0.39 is 40.1 Å². The second-order valence-electron chi connectivity index (χ2n) is 7.61. The molecule has 2 fully saturated rings. The molecule has 3 heterocycles. The minimum absolute atomic E-state index is 0.0621. The number of amides is 1. The van der Waals surface area contributed by atoms with Crippen molar-refractivity contribution in [3.63, 3.8) is 0 Å². The minimum atomic E-state index is -3.72. The summed E-state index contributed by atoms with van der Waals surface area (Å²) in [6, 6.07) is 5.78. The summed E-state index contributed by atoms with van der Waals surface area (Å²) < 4.78 is 58.7. The van der Waals surface area contributed by atoms with E-state index in [0.717, 1.165) is 23.3 Å². The molecule has 1 aromatic carbocycles. The van der Waals surface area contributed by atoms with Crippen molar-refractivity contribution in [1.29, 1.82) is 0 Å². The van der Waals surface area contributed by atoms with Gasteiger partial charge in [-0.25, -0.2) is 22.2 Å². The SMILES string of the molecule is COc1ccc(S(=O)(=O)N2CC(=C3CN(C(=O)[C@@H](CO)c4ccc(F)cc4F)C3)C2)nc1. The number of aromatic nitrogens is 1. The number of hydrogen-bond donors (Lipinski definition) is 1. The molecule has 1 aromatic heterocycles. The second kappa shape index (κ2) is 8.57. The van der Waals surface area contributed by atoms with Crippen LogP contribution in [0.5, 0.6) is 5.75 Å². The van der Waals surface area contributed by atoms with E-state index in [1.807, 2.05) is 0 Å². The highest BCUT2D eigenvalue weighted by Gasteiger charge is 2.39. The maximum atomic E-state index is 14.0. The minimum Gasteiger partial charge on any atom is -0.495 e. The molecule has 8 nitrogen and oxygen atoms in total. The number of sulfonamides is 1. The molecule has 0 aliphatic carbocycles. The highest BCUT2D eigenvalue weighted by molar-refractivity contribution is 7.89. The molecule has 0 saturated carbocycles. The van der Waals surface area contributed by atoms with Crippen LogP contribution in [0.15, 0.2) is 52.7 Å². The lowest BCUT2D eigenvalue weighted by Crippen LogP contribution is -2.52. The molecule has 1 amide bonds. The molecule has 2 aliphatic heterocycles. The topological polar surface area (TPSA) is 100 Å². The first-order valence-electron chi connectivity index (χ1n) is 9.79. The van der Waals surface area contributed by atoms with Gasteiger partial charge in [-0.1, -0.05) is 6.07 Å². The fraction of sp³-hybridized carbons (Fsp3) is 0.333. The Bertz CT molecular complexity index is 1170. The number of halogens is 2. The average Bonchev–Trinajstić information content (AvgIpc) is 2.70. The van der Waals surface area contributed by atoms with E-state index in [1.165, 1.54) is 34.6 Å². The molecular weight excluding hydrogens is 444 g/mol. The zero-order valence-electron chi connectivity index (χ0n) is 17.2. The molecule has 0 bridgehead atoms. The number of likely N-dealkylation sites (tertiary alicyclic amines) is 1. The molecule has 11 heteroatoms. The van der Waals surface area contributed by atoms with Gasteiger partial charge in [-0.05, 0) is 29.3 Å². The van der Waals surface area contributed by atoms with Gasteiger partial charge in [-0.2, -0.15) is 4.31 Å². The standard InChI is InChI=1S/C21H21F2N3O5S/c1-31-16-3-5-20(24-7-16)32(29,30)26-10-14(11-26)13-8-25(9-13)21(28)18(12-27)17-4-2-15(22)6-19(17)23/h2-7,18,27H,8-12H2,1H3/t18-/m0/s1. The molecule has 0 spiro atoms. The molecule has 2 saturated heterocycles. The van der Waals surface area contributed by atoms with Crippen molar-refractivity contribution in [2.75, 3.05) is 39.9 Å². The van der Waals surface area contributed by atoms with Crippen LogP contribution in [-0.4, -0.2) is 73.5 Å². The number of nitrogens with zero attached hydrogens (tertiary/aromatic N) is 3. The van der Waals surface area contributed by atoms with Crippen LogP contribution in [0, 0.1) is 11.6 Å². The molecular formula is C21H21F2N3O5S. The number of hydrogen-bond acceptors (Lipinski definition) is 6. The van der Waals surface area contributed by atoms with E-state index in [-0.39, 0.29) is 36.8 Å². The van der Waals surface area contributed by atoms with Crippen LogP contribution in [0.2, 0.25) is 0 Å². The number of benzene rings is 1. The van der Waals surface area contributed by atoms with Crippen LogP contribution in [0.3, 0.4) is 0 Å². The van der Waals surface area contributed by atoms with Crippen LogP contribution in [-0.2, 0) is 14.8 Å². The first kappa shape index (κ1) is 22.3. The van der Waals surface area contributed by atoms with Crippen LogP contribution in [0.4, 0.5) is 8.78 Å².